The molecular weight excluding hydrogens is 180 g/mol. The first-order chi connectivity index (χ1) is 6.29. The van der Waals surface area contributed by atoms with E-state index in [9.17, 15) is 0 Å². The van der Waals surface area contributed by atoms with Crippen LogP contribution in [-0.2, 0) is 6.42 Å². The summed E-state index contributed by atoms with van der Waals surface area (Å²) in [6.45, 7) is 4.28. The van der Waals surface area contributed by atoms with Gasteiger partial charge in [0.25, 0.3) is 0 Å². The summed E-state index contributed by atoms with van der Waals surface area (Å²) in [6.07, 6.45) is 3.59. The van der Waals surface area contributed by atoms with Crippen LogP contribution in [0.25, 0.3) is 0 Å². The lowest BCUT2D eigenvalue weighted by molar-refractivity contribution is 0.648. The number of hydrogen-bond donors (Lipinski definition) is 1. The van der Waals surface area contributed by atoms with Gasteiger partial charge in [-0.1, -0.05) is 25.5 Å². The maximum absolute atomic E-state index is 4.96. The third kappa shape index (κ3) is 2.66. The number of unbranched alkanes of at least 4 members (excludes halogenated alkanes) is 1. The van der Waals surface area contributed by atoms with Crippen molar-refractivity contribution in [3.8, 4) is 5.75 Å². The second kappa shape index (κ2) is 5.18. The largest absolute Gasteiger partial charge is 0.429 e. The Kier molecular flexibility index (Phi) is 4.16. The molecule has 0 saturated heterocycles. The zero-order valence-corrected chi connectivity index (χ0v) is 9.10. The van der Waals surface area contributed by atoms with Crippen molar-refractivity contribution >= 4 is 12.9 Å². The molecule has 0 aliphatic carbocycles. The van der Waals surface area contributed by atoms with Crippen molar-refractivity contribution in [3.05, 3.63) is 29.3 Å². The average Bonchev–Trinajstić information content (AvgIpc) is 2.16. The molecule has 13 heavy (non-hydrogen) atoms. The zero-order chi connectivity index (χ0) is 9.68. The van der Waals surface area contributed by atoms with Crippen LogP contribution in [0.15, 0.2) is 18.2 Å². The van der Waals surface area contributed by atoms with Gasteiger partial charge in [-0.05, 0) is 37.0 Å². The van der Waals surface area contributed by atoms with Gasteiger partial charge >= 0.3 is 0 Å². The van der Waals surface area contributed by atoms with Gasteiger partial charge in [0.05, 0.1) is 0 Å². The van der Waals surface area contributed by atoms with Gasteiger partial charge in [-0.15, -0.1) is 0 Å². The van der Waals surface area contributed by atoms with Gasteiger partial charge < -0.3 is 4.18 Å². The Labute approximate surface area is 85.7 Å². The first-order valence-corrected chi connectivity index (χ1v) is 5.06. The van der Waals surface area contributed by atoms with Gasteiger partial charge in [-0.2, -0.15) is 0 Å². The van der Waals surface area contributed by atoms with E-state index in [1.54, 1.807) is 0 Å². The molecule has 0 aliphatic rings. The molecule has 0 atom stereocenters. The Balaban J connectivity index is 2.81. The van der Waals surface area contributed by atoms with Crippen LogP contribution in [0.2, 0.25) is 0 Å². The monoisotopic (exact) mass is 196 g/mol. The summed E-state index contributed by atoms with van der Waals surface area (Å²) in [5.74, 6) is 0.872. The molecule has 0 saturated carbocycles. The van der Waals surface area contributed by atoms with Crippen LogP contribution < -0.4 is 4.18 Å². The van der Waals surface area contributed by atoms with Gasteiger partial charge in [0, 0.05) is 12.9 Å². The van der Waals surface area contributed by atoms with Crippen molar-refractivity contribution in [2.45, 2.75) is 33.1 Å². The third-order valence-electron chi connectivity index (χ3n) is 2.29. The quantitative estimate of drug-likeness (QED) is 0.572. The van der Waals surface area contributed by atoms with Crippen molar-refractivity contribution in [3.63, 3.8) is 0 Å². The lowest BCUT2D eigenvalue weighted by atomic mass is 10.0. The highest BCUT2D eigenvalue weighted by Gasteiger charge is 2.03. The Morgan fingerprint density at radius 3 is 2.77 bits per heavy atom. The SMILES string of the molecule is CCCCc1cccc(OS)c1C. The fourth-order valence-corrected chi connectivity index (χ4v) is 1.59. The minimum Gasteiger partial charge on any atom is -0.429 e. The summed E-state index contributed by atoms with van der Waals surface area (Å²) < 4.78 is 4.96. The highest BCUT2D eigenvalue weighted by molar-refractivity contribution is 7.75. The first-order valence-electron chi connectivity index (χ1n) is 4.69. The normalized spacial score (nSPS) is 10.1. The lowest BCUT2D eigenvalue weighted by Crippen LogP contribution is -1.91. The van der Waals surface area contributed by atoms with Crippen LogP contribution in [0.3, 0.4) is 0 Å². The number of rotatable bonds is 4. The number of aryl methyl sites for hydroxylation is 1. The second-order valence-corrected chi connectivity index (χ2v) is 3.42. The van der Waals surface area contributed by atoms with E-state index in [1.165, 1.54) is 24.0 Å². The molecule has 0 N–H and O–H groups in total. The Morgan fingerprint density at radius 1 is 1.38 bits per heavy atom. The molecule has 2 heteroatoms. The molecule has 1 aromatic carbocycles. The predicted octanol–water partition coefficient (Wildman–Crippen LogP) is 3.56. The van der Waals surface area contributed by atoms with E-state index >= 15 is 0 Å². The molecule has 1 nitrogen and oxygen atoms in total. The molecule has 0 fully saturated rings. The number of benzene rings is 1. The Hall–Kier alpha value is -0.630. The van der Waals surface area contributed by atoms with E-state index in [0.717, 1.165) is 12.2 Å². The van der Waals surface area contributed by atoms with Crippen LogP contribution >= 0.6 is 12.9 Å². The molecule has 0 aromatic heterocycles. The predicted molar refractivity (Wildman–Crippen MR) is 59.4 cm³/mol. The molecular formula is C11H16OS. The molecule has 0 aliphatic heterocycles. The molecule has 0 heterocycles. The molecule has 0 spiro atoms. The van der Waals surface area contributed by atoms with E-state index in [4.69, 9.17) is 4.18 Å². The van der Waals surface area contributed by atoms with Crippen molar-refractivity contribution in [2.24, 2.45) is 0 Å². The fourth-order valence-electron chi connectivity index (χ4n) is 1.40. The van der Waals surface area contributed by atoms with Crippen LogP contribution in [-0.4, -0.2) is 0 Å². The maximum Gasteiger partial charge on any atom is 0.140 e. The van der Waals surface area contributed by atoms with Gasteiger partial charge in [0.15, 0.2) is 0 Å². The van der Waals surface area contributed by atoms with Crippen LogP contribution in [0.4, 0.5) is 0 Å². The highest BCUT2D eigenvalue weighted by Crippen LogP contribution is 2.23. The molecule has 72 valence electrons. The molecule has 0 radical (unpaired) electrons. The summed E-state index contributed by atoms with van der Waals surface area (Å²) >= 11 is 3.82. The van der Waals surface area contributed by atoms with Crippen LogP contribution in [0, 0.1) is 6.92 Å². The smallest absolute Gasteiger partial charge is 0.140 e. The van der Waals surface area contributed by atoms with Gasteiger partial charge in [-0.25, -0.2) is 0 Å². The number of hydrogen-bond acceptors (Lipinski definition) is 2. The fraction of sp³-hybridized carbons (Fsp3) is 0.455. The zero-order valence-electron chi connectivity index (χ0n) is 8.21. The standard InChI is InChI=1S/C11H16OS/c1-3-4-6-10-7-5-8-11(12-13)9(10)2/h5,7-8,13H,3-4,6H2,1-2H3. The first kappa shape index (κ1) is 10.5. The van der Waals surface area contributed by atoms with E-state index in [2.05, 4.69) is 32.8 Å². The topological polar surface area (TPSA) is 9.23 Å². The van der Waals surface area contributed by atoms with Crippen molar-refractivity contribution in [2.75, 3.05) is 0 Å². The van der Waals surface area contributed by atoms with Gasteiger partial charge in [0.2, 0.25) is 0 Å². The van der Waals surface area contributed by atoms with E-state index < -0.39 is 0 Å². The highest BCUT2D eigenvalue weighted by atomic mass is 32.1. The Bertz CT molecular complexity index is 271. The average molecular weight is 196 g/mol. The summed E-state index contributed by atoms with van der Waals surface area (Å²) in [5, 5.41) is 0. The summed E-state index contributed by atoms with van der Waals surface area (Å²) in [4.78, 5) is 0. The lowest BCUT2D eigenvalue weighted by Gasteiger charge is -2.08. The molecule has 0 bridgehead atoms. The van der Waals surface area contributed by atoms with Crippen LogP contribution in [0.5, 0.6) is 5.75 Å². The van der Waals surface area contributed by atoms with E-state index in [0.29, 0.717) is 0 Å². The molecule has 1 rings (SSSR count). The van der Waals surface area contributed by atoms with E-state index in [-0.39, 0.29) is 0 Å². The Morgan fingerprint density at radius 2 is 2.15 bits per heavy atom. The maximum atomic E-state index is 4.96. The minimum absolute atomic E-state index is 0.872. The molecule has 0 amide bonds. The van der Waals surface area contributed by atoms with Gasteiger partial charge in [-0.3, -0.25) is 0 Å². The summed E-state index contributed by atoms with van der Waals surface area (Å²) in [5.41, 5.74) is 2.58. The number of thiol groups is 1. The molecule has 1 aromatic rings. The van der Waals surface area contributed by atoms with E-state index in [1.807, 2.05) is 12.1 Å². The second-order valence-electron chi connectivity index (χ2n) is 3.24. The molecule has 0 unspecified atom stereocenters. The van der Waals surface area contributed by atoms with Gasteiger partial charge in [0.1, 0.15) is 5.75 Å². The summed E-state index contributed by atoms with van der Waals surface area (Å²) in [7, 11) is 0. The van der Waals surface area contributed by atoms with Crippen molar-refractivity contribution in [1.82, 2.24) is 0 Å². The minimum atomic E-state index is 0.872. The van der Waals surface area contributed by atoms with Crippen LogP contribution in [0.1, 0.15) is 30.9 Å². The summed E-state index contributed by atoms with van der Waals surface area (Å²) in [6, 6.07) is 6.11. The third-order valence-corrected chi connectivity index (χ3v) is 2.49. The van der Waals surface area contributed by atoms with Crippen molar-refractivity contribution < 1.29 is 4.18 Å². The van der Waals surface area contributed by atoms with Crippen molar-refractivity contribution in [1.29, 1.82) is 0 Å².